The van der Waals surface area contributed by atoms with Crippen molar-refractivity contribution in [1.29, 1.82) is 0 Å². The van der Waals surface area contributed by atoms with Crippen LogP contribution in [0.1, 0.15) is 26.7 Å². The van der Waals surface area contributed by atoms with E-state index in [4.69, 9.17) is 72.2 Å². The van der Waals surface area contributed by atoms with Crippen molar-refractivity contribution in [3.63, 3.8) is 0 Å². The largest absolute Gasteiger partial charge is 0.394 e. The minimum atomic E-state index is -3.71. The van der Waals surface area contributed by atoms with Gasteiger partial charge in [-0.25, -0.2) is 0 Å². The van der Waals surface area contributed by atoms with Crippen molar-refractivity contribution in [1.82, 2.24) is 0 Å². The number of rotatable bonds is 40. The molecule has 1 rings (SSSR count). The minimum Gasteiger partial charge on any atom is -0.394 e. The van der Waals surface area contributed by atoms with E-state index in [0.717, 1.165) is 32.2 Å². The normalized spacial score (nSPS) is 11.3. The van der Waals surface area contributed by atoms with Gasteiger partial charge in [-0.15, -0.1) is 0 Å². The van der Waals surface area contributed by atoms with Gasteiger partial charge in [0.05, 0.1) is 150 Å². The number of benzene rings is 1. The van der Waals surface area contributed by atoms with Gasteiger partial charge >= 0.3 is 18.7 Å². The van der Waals surface area contributed by atoms with Crippen molar-refractivity contribution in [2.45, 2.75) is 38.4 Å². The molecular formula is C37H71BO17S. The zero-order valence-corrected chi connectivity index (χ0v) is 34.9. The number of aryl methyl sites for hydroxylation is 1. The van der Waals surface area contributed by atoms with Crippen LogP contribution in [0.3, 0.4) is 0 Å². The Labute approximate surface area is 337 Å². The molecule has 0 saturated carbocycles. The van der Waals surface area contributed by atoms with Crippen LogP contribution in [0.2, 0.25) is 6.82 Å². The van der Waals surface area contributed by atoms with Crippen LogP contribution in [0.4, 0.5) is 0 Å². The molecule has 1 aromatic rings. The topological polar surface area (TPSA) is 191 Å². The summed E-state index contributed by atoms with van der Waals surface area (Å²) in [6.07, 6.45) is 1.92. The van der Waals surface area contributed by atoms with E-state index in [9.17, 15) is 8.42 Å². The fourth-order valence-corrected chi connectivity index (χ4v) is 4.57. The van der Waals surface area contributed by atoms with Crippen LogP contribution in [0.25, 0.3) is 0 Å². The zero-order valence-electron chi connectivity index (χ0n) is 35.1. The van der Waals surface area contributed by atoms with Crippen LogP contribution in [-0.4, -0.2) is 193 Å². The number of hydrogen-bond acceptors (Lipinski definition) is 17. The average molecular weight is 833 g/mol. The van der Waals surface area contributed by atoms with E-state index in [1.54, 1.807) is 19.2 Å². The number of methoxy groups -OCH3 is 1. The molecule has 0 aromatic heterocycles. The second-order valence-electron chi connectivity index (χ2n) is 11.0. The Kier molecular flexibility index (Phi) is 46.5. The zero-order chi connectivity index (χ0) is 42.2. The molecule has 0 fully saturated rings. The molecule has 0 spiro atoms. The van der Waals surface area contributed by atoms with Crippen LogP contribution in [0, 0.1) is 6.92 Å². The van der Waals surface area contributed by atoms with Crippen molar-refractivity contribution in [3.05, 3.63) is 29.8 Å². The van der Waals surface area contributed by atoms with Gasteiger partial charge in [0.25, 0.3) is 10.1 Å². The van der Waals surface area contributed by atoms with Crippen LogP contribution in [-0.2, 0) is 75.8 Å². The second-order valence-corrected chi connectivity index (χ2v) is 12.6. The number of hydrogen-bond donors (Lipinski definition) is 1. The Balaban J connectivity index is 0. The van der Waals surface area contributed by atoms with Crippen LogP contribution in [0.15, 0.2) is 29.2 Å². The van der Waals surface area contributed by atoms with Gasteiger partial charge in [0.15, 0.2) is 0 Å². The quantitative estimate of drug-likeness (QED) is 0.0576. The smallest absolute Gasteiger partial charge is 0.297 e. The van der Waals surface area contributed by atoms with E-state index >= 15 is 0 Å². The predicted molar refractivity (Wildman–Crippen MR) is 210 cm³/mol. The summed E-state index contributed by atoms with van der Waals surface area (Å²) >= 11 is 0. The standard InChI is InChI=1S/C20H42O10.C16H26O6S.CH3BO/c1-2-22-5-6-24-9-10-26-13-14-28-17-18-30-20-19-29-16-15-27-12-11-25-8-7-23-4-3-21;1-15-5-7-16(8-6-15)23(17,18)22-14-13-21-12-11-20-10-4-3-9-19-2;1-2-3/h21H,2-20H2,1H3;5-8H,3-4,9-14H2,1-2H3;1H3/i1T;;. The maximum absolute atomic E-state index is 11.9. The van der Waals surface area contributed by atoms with Gasteiger partial charge in [-0.05, 0) is 38.8 Å². The van der Waals surface area contributed by atoms with Crippen LogP contribution >= 0.6 is 0 Å². The van der Waals surface area contributed by atoms with Gasteiger partial charge in [0.1, 0.15) is 0 Å². The molecule has 0 aliphatic carbocycles. The van der Waals surface area contributed by atoms with Crippen molar-refractivity contribution < 1.29 is 80.6 Å². The summed E-state index contributed by atoms with van der Waals surface area (Å²) in [5, 5.41) is 8.53. The first-order valence-corrected chi connectivity index (χ1v) is 20.4. The van der Waals surface area contributed by atoms with Gasteiger partial charge in [0, 0.05) is 28.3 Å². The Morgan fingerprint density at radius 1 is 0.536 bits per heavy atom. The molecule has 0 atom stereocenters. The maximum Gasteiger partial charge on any atom is 0.297 e. The summed E-state index contributed by atoms with van der Waals surface area (Å²) in [7, 11) is -1.28. The summed E-state index contributed by atoms with van der Waals surface area (Å²) in [6.45, 7) is 15.1. The third-order valence-corrected chi connectivity index (χ3v) is 7.72. The molecule has 0 unspecified atom stereocenters. The molecule has 0 heterocycles. The van der Waals surface area contributed by atoms with Crippen molar-refractivity contribution >= 4 is 17.3 Å². The molecule has 330 valence electrons. The molecular weight excluding hydrogens is 759 g/mol. The summed E-state index contributed by atoms with van der Waals surface area (Å²) in [5.41, 5.74) is 0.995. The van der Waals surface area contributed by atoms with Gasteiger partial charge in [-0.2, -0.15) is 8.42 Å². The fraction of sp³-hybridized carbons (Fsp3) is 0.838. The second kappa shape index (κ2) is 47.8. The van der Waals surface area contributed by atoms with Crippen LogP contribution in [0.5, 0.6) is 0 Å². The summed E-state index contributed by atoms with van der Waals surface area (Å²) in [4.78, 5) is 0.155. The molecule has 1 aromatic carbocycles. The van der Waals surface area contributed by atoms with Gasteiger partial charge in [-0.1, -0.05) is 17.7 Å². The monoisotopic (exact) mass is 832 g/mol. The number of ether oxygens (including phenoxy) is 12. The molecule has 0 radical (unpaired) electrons. The number of aliphatic hydroxyl groups excluding tert-OH is 1. The molecule has 0 amide bonds. The molecule has 0 aliphatic rings. The Morgan fingerprint density at radius 3 is 1.21 bits per heavy atom. The number of unbranched alkanes of at least 4 members (excludes halogenated alkanes) is 1. The summed E-state index contributed by atoms with van der Waals surface area (Å²) < 4.78 is 108. The maximum atomic E-state index is 11.9. The Hall–Kier alpha value is -1.53. The fourth-order valence-electron chi connectivity index (χ4n) is 3.67. The first-order valence-electron chi connectivity index (χ1n) is 19.7. The van der Waals surface area contributed by atoms with Crippen LogP contribution < -0.4 is 0 Å². The van der Waals surface area contributed by atoms with Gasteiger partial charge in [0.2, 0.25) is 0 Å². The molecule has 17 nitrogen and oxygen atoms in total. The van der Waals surface area contributed by atoms with Crippen molar-refractivity contribution in [2.75, 3.05) is 172 Å². The first kappa shape index (κ1) is 54.5. The van der Waals surface area contributed by atoms with Crippen molar-refractivity contribution in [3.8, 4) is 0 Å². The van der Waals surface area contributed by atoms with Crippen molar-refractivity contribution in [2.24, 2.45) is 0 Å². The molecule has 0 aliphatic heterocycles. The summed E-state index contributed by atoms with van der Waals surface area (Å²) in [5.74, 6) is 0. The molecule has 56 heavy (non-hydrogen) atoms. The van der Waals surface area contributed by atoms with E-state index in [0.29, 0.717) is 139 Å². The van der Waals surface area contributed by atoms with Gasteiger partial charge < -0.3 is 61.9 Å². The third kappa shape index (κ3) is 45.2. The van der Waals surface area contributed by atoms with Gasteiger partial charge in [-0.3, -0.25) is 4.18 Å². The van der Waals surface area contributed by atoms with E-state index < -0.39 is 10.1 Å². The SMILES string of the molecule is CB=O.COCCCCOCCOCCOS(=O)(=O)c1ccc(C)cc1.[3H]CCOCCOCCOCCOCCOCCOCCOCCOCCOCCO. The Bertz CT molecular complexity index is 1000. The molecule has 19 heteroatoms. The van der Waals surface area contributed by atoms with E-state index in [-0.39, 0.29) is 31.6 Å². The predicted octanol–water partition coefficient (Wildman–Crippen LogP) is 2.39. The first-order chi connectivity index (χ1) is 27.9. The number of aliphatic hydroxyl groups is 1. The molecule has 1 N–H and O–H groups in total. The van der Waals surface area contributed by atoms with E-state index in [1.165, 1.54) is 19.0 Å². The van der Waals surface area contributed by atoms with E-state index in [1.807, 2.05) is 6.92 Å². The summed E-state index contributed by atoms with van der Waals surface area (Å²) in [6, 6.07) is 6.53. The minimum absolute atomic E-state index is 0.00987. The average Bonchev–Trinajstić information content (AvgIpc) is 3.20. The molecule has 0 bridgehead atoms. The third-order valence-electron chi connectivity index (χ3n) is 6.39. The van der Waals surface area contributed by atoms with E-state index in [2.05, 4.69) is 0 Å². The molecule has 0 saturated heterocycles. The Morgan fingerprint density at radius 2 is 0.857 bits per heavy atom.